The molecule has 0 aliphatic rings. The molecule has 0 bridgehead atoms. The first kappa shape index (κ1) is 23.7. The van der Waals surface area contributed by atoms with Crippen LogP contribution in [-0.2, 0) is 14.8 Å². The van der Waals surface area contributed by atoms with E-state index < -0.39 is 21.7 Å². The van der Waals surface area contributed by atoms with Gasteiger partial charge in [0.25, 0.3) is 21.8 Å². The van der Waals surface area contributed by atoms with Crippen LogP contribution in [0.1, 0.15) is 17.3 Å². The number of sulfonamides is 1. The predicted molar refractivity (Wildman–Crippen MR) is 122 cm³/mol. The molecule has 0 saturated carbocycles. The second kappa shape index (κ2) is 10.6. The van der Waals surface area contributed by atoms with Gasteiger partial charge in [0.15, 0.2) is 6.61 Å². The standard InChI is InChI=1S/C23H22FN3O5S/c1-2-25-22(28)15-32-18-11-9-17(10-12-18)26-23(29)16-7-13-19(14-8-16)33(30,31)27-21-6-4-3-5-20(21)24/h3-14,27H,2,15H2,1H3,(H,25,28)(H,26,29). The first-order chi connectivity index (χ1) is 15.8. The highest BCUT2D eigenvalue weighted by Gasteiger charge is 2.17. The molecule has 3 N–H and O–H groups in total. The Morgan fingerprint density at radius 3 is 2.24 bits per heavy atom. The Morgan fingerprint density at radius 1 is 0.939 bits per heavy atom. The van der Waals surface area contributed by atoms with Gasteiger partial charge in [-0.25, -0.2) is 12.8 Å². The summed E-state index contributed by atoms with van der Waals surface area (Å²) in [6, 6.07) is 17.1. The van der Waals surface area contributed by atoms with Gasteiger partial charge in [-0.2, -0.15) is 0 Å². The molecule has 0 heterocycles. The summed E-state index contributed by atoms with van der Waals surface area (Å²) >= 11 is 0. The molecular formula is C23H22FN3O5S. The number of benzene rings is 3. The van der Waals surface area contributed by atoms with Gasteiger partial charge in [0.2, 0.25) is 0 Å². The summed E-state index contributed by atoms with van der Waals surface area (Å²) in [5.74, 6) is -0.907. The molecule has 0 aliphatic heterocycles. The van der Waals surface area contributed by atoms with Crippen molar-refractivity contribution < 1.29 is 27.1 Å². The van der Waals surface area contributed by atoms with Crippen molar-refractivity contribution in [2.24, 2.45) is 0 Å². The summed E-state index contributed by atoms with van der Waals surface area (Å²) in [7, 11) is -4.02. The van der Waals surface area contributed by atoms with Crippen LogP contribution in [0.3, 0.4) is 0 Å². The molecule has 0 spiro atoms. The van der Waals surface area contributed by atoms with Gasteiger partial charge >= 0.3 is 0 Å². The highest BCUT2D eigenvalue weighted by atomic mass is 32.2. The number of ether oxygens (including phenoxy) is 1. The fourth-order valence-electron chi connectivity index (χ4n) is 2.77. The summed E-state index contributed by atoms with van der Waals surface area (Å²) in [5.41, 5.74) is 0.553. The number of carbonyl (C=O) groups excluding carboxylic acids is 2. The van der Waals surface area contributed by atoms with Crippen LogP contribution in [0, 0.1) is 5.82 Å². The zero-order valence-electron chi connectivity index (χ0n) is 17.7. The number of para-hydroxylation sites is 1. The van der Waals surface area contributed by atoms with E-state index in [1.807, 2.05) is 6.92 Å². The second-order valence-corrected chi connectivity index (χ2v) is 8.51. The molecule has 0 radical (unpaired) electrons. The molecule has 0 atom stereocenters. The van der Waals surface area contributed by atoms with Crippen LogP contribution in [0.4, 0.5) is 15.8 Å². The summed E-state index contributed by atoms with van der Waals surface area (Å²) in [5, 5.41) is 5.31. The van der Waals surface area contributed by atoms with Crippen LogP contribution in [0.25, 0.3) is 0 Å². The van der Waals surface area contributed by atoms with Gasteiger partial charge < -0.3 is 15.4 Å². The molecule has 3 rings (SSSR count). The van der Waals surface area contributed by atoms with Crippen LogP contribution in [0.15, 0.2) is 77.7 Å². The van der Waals surface area contributed by atoms with Gasteiger partial charge in [-0.05, 0) is 67.6 Å². The third kappa shape index (κ3) is 6.53. The Labute approximate surface area is 190 Å². The smallest absolute Gasteiger partial charge is 0.261 e. The van der Waals surface area contributed by atoms with Crippen molar-refractivity contribution in [3.05, 3.63) is 84.2 Å². The fraction of sp³-hybridized carbons (Fsp3) is 0.130. The number of rotatable bonds is 9. The van der Waals surface area contributed by atoms with E-state index in [-0.39, 0.29) is 28.7 Å². The number of amides is 2. The Bertz CT molecular complexity index is 1230. The lowest BCUT2D eigenvalue weighted by molar-refractivity contribution is -0.122. The second-order valence-electron chi connectivity index (χ2n) is 6.83. The van der Waals surface area contributed by atoms with Gasteiger partial charge in [-0.15, -0.1) is 0 Å². The maximum atomic E-state index is 13.7. The Kier molecular flexibility index (Phi) is 7.62. The Balaban J connectivity index is 1.61. The minimum atomic E-state index is -4.02. The van der Waals surface area contributed by atoms with E-state index in [4.69, 9.17) is 4.74 Å². The monoisotopic (exact) mass is 471 g/mol. The highest BCUT2D eigenvalue weighted by Crippen LogP contribution is 2.20. The van der Waals surface area contributed by atoms with Crippen molar-refractivity contribution in [1.29, 1.82) is 0 Å². The highest BCUT2D eigenvalue weighted by molar-refractivity contribution is 7.92. The van der Waals surface area contributed by atoms with Gasteiger partial charge in [-0.1, -0.05) is 12.1 Å². The lowest BCUT2D eigenvalue weighted by Gasteiger charge is -2.10. The van der Waals surface area contributed by atoms with E-state index in [9.17, 15) is 22.4 Å². The van der Waals surface area contributed by atoms with E-state index >= 15 is 0 Å². The van der Waals surface area contributed by atoms with Gasteiger partial charge in [0.05, 0.1) is 10.6 Å². The molecule has 0 unspecified atom stereocenters. The number of halogens is 1. The quantitative estimate of drug-likeness (QED) is 0.443. The molecule has 0 fully saturated rings. The maximum Gasteiger partial charge on any atom is 0.261 e. The number of nitrogens with one attached hydrogen (secondary N) is 3. The van der Waals surface area contributed by atoms with Crippen LogP contribution >= 0.6 is 0 Å². The van der Waals surface area contributed by atoms with Crippen molar-refractivity contribution in [3.8, 4) is 5.75 Å². The molecular weight excluding hydrogens is 449 g/mol. The number of carbonyl (C=O) groups is 2. The first-order valence-electron chi connectivity index (χ1n) is 9.97. The minimum Gasteiger partial charge on any atom is -0.484 e. The summed E-state index contributed by atoms with van der Waals surface area (Å²) < 4.78 is 46.2. The number of anilines is 2. The molecule has 2 amide bonds. The summed E-state index contributed by atoms with van der Waals surface area (Å²) in [6.45, 7) is 2.22. The first-order valence-corrected chi connectivity index (χ1v) is 11.4. The third-order valence-corrected chi connectivity index (χ3v) is 5.78. The predicted octanol–water partition coefficient (Wildman–Crippen LogP) is 3.39. The van der Waals surface area contributed by atoms with Crippen molar-refractivity contribution in [2.75, 3.05) is 23.2 Å². The topological polar surface area (TPSA) is 114 Å². The molecule has 3 aromatic carbocycles. The molecule has 3 aromatic rings. The largest absolute Gasteiger partial charge is 0.484 e. The molecule has 172 valence electrons. The van der Waals surface area contributed by atoms with Crippen LogP contribution in [0.5, 0.6) is 5.75 Å². The van der Waals surface area contributed by atoms with E-state index in [1.54, 1.807) is 24.3 Å². The number of hydrogen-bond acceptors (Lipinski definition) is 5. The Hall–Kier alpha value is -3.92. The SMILES string of the molecule is CCNC(=O)COc1ccc(NC(=O)c2ccc(S(=O)(=O)Nc3ccccc3F)cc2)cc1. The summed E-state index contributed by atoms with van der Waals surface area (Å²) in [4.78, 5) is 23.8. The maximum absolute atomic E-state index is 13.7. The normalized spacial score (nSPS) is 10.8. The lowest BCUT2D eigenvalue weighted by atomic mass is 10.2. The van der Waals surface area contributed by atoms with E-state index in [0.29, 0.717) is 18.0 Å². The van der Waals surface area contributed by atoms with E-state index in [1.165, 1.54) is 42.5 Å². The molecule has 0 aliphatic carbocycles. The zero-order chi connectivity index (χ0) is 23.8. The van der Waals surface area contributed by atoms with Crippen LogP contribution in [-0.4, -0.2) is 33.4 Å². The number of likely N-dealkylation sites (N-methyl/N-ethyl adjacent to an activating group) is 1. The summed E-state index contributed by atoms with van der Waals surface area (Å²) in [6.07, 6.45) is 0. The van der Waals surface area contributed by atoms with Crippen molar-refractivity contribution >= 4 is 33.2 Å². The number of hydrogen-bond donors (Lipinski definition) is 3. The fourth-order valence-corrected chi connectivity index (χ4v) is 3.84. The molecule has 8 nitrogen and oxygen atoms in total. The average molecular weight is 472 g/mol. The molecule has 33 heavy (non-hydrogen) atoms. The van der Waals surface area contributed by atoms with Crippen LogP contribution in [0.2, 0.25) is 0 Å². The van der Waals surface area contributed by atoms with Crippen molar-refractivity contribution in [2.45, 2.75) is 11.8 Å². The molecule has 0 saturated heterocycles. The van der Waals surface area contributed by atoms with E-state index in [2.05, 4.69) is 15.4 Å². The zero-order valence-corrected chi connectivity index (χ0v) is 18.5. The minimum absolute atomic E-state index is 0.111. The van der Waals surface area contributed by atoms with Crippen molar-refractivity contribution in [1.82, 2.24) is 5.32 Å². The van der Waals surface area contributed by atoms with Crippen LogP contribution < -0.4 is 20.1 Å². The van der Waals surface area contributed by atoms with Gasteiger partial charge in [0, 0.05) is 17.8 Å². The molecule has 0 aromatic heterocycles. The Morgan fingerprint density at radius 2 is 1.61 bits per heavy atom. The molecule has 10 heteroatoms. The lowest BCUT2D eigenvalue weighted by Crippen LogP contribution is -2.28. The third-order valence-electron chi connectivity index (χ3n) is 4.40. The van der Waals surface area contributed by atoms with Crippen molar-refractivity contribution in [3.63, 3.8) is 0 Å². The van der Waals surface area contributed by atoms with Gasteiger partial charge in [0.1, 0.15) is 11.6 Å². The van der Waals surface area contributed by atoms with E-state index in [0.717, 1.165) is 6.07 Å². The average Bonchev–Trinajstić information content (AvgIpc) is 2.80. The van der Waals surface area contributed by atoms with Gasteiger partial charge in [-0.3, -0.25) is 14.3 Å².